The topological polar surface area (TPSA) is 93.1 Å². The lowest BCUT2D eigenvalue weighted by atomic mass is 10.0. The highest BCUT2D eigenvalue weighted by atomic mass is 16.6. The van der Waals surface area contributed by atoms with Crippen LogP contribution in [-0.2, 0) is 19.1 Å². The average molecular weight is 579 g/mol. The molecule has 0 aromatic heterocycles. The number of esters is 2. The molecule has 41 heavy (non-hydrogen) atoms. The van der Waals surface area contributed by atoms with Crippen molar-refractivity contribution in [3.63, 3.8) is 0 Å². The Balaban J connectivity index is 3.69. The molecule has 0 aromatic rings. The van der Waals surface area contributed by atoms with Crippen molar-refractivity contribution in [2.45, 2.75) is 155 Å². The van der Waals surface area contributed by atoms with Crippen molar-refractivity contribution in [1.29, 1.82) is 0 Å². The molecule has 0 radical (unpaired) electrons. The first-order valence-corrected chi connectivity index (χ1v) is 16.5. The molecule has 238 valence electrons. The van der Waals surface area contributed by atoms with Gasteiger partial charge in [0, 0.05) is 12.8 Å². The first-order valence-electron chi connectivity index (χ1n) is 16.5. The molecule has 0 aliphatic heterocycles. The van der Waals surface area contributed by atoms with E-state index in [0.29, 0.717) is 19.3 Å². The minimum Gasteiger partial charge on any atom is -0.463 e. The zero-order chi connectivity index (χ0) is 30.4. The molecule has 0 saturated heterocycles. The summed E-state index contributed by atoms with van der Waals surface area (Å²) in [6.07, 6.45) is 29.6. The highest BCUT2D eigenvalue weighted by Crippen LogP contribution is 2.12. The maximum Gasteiger partial charge on any atom is 0.305 e. The number of carbonyl (C=O) groups is 2. The van der Waals surface area contributed by atoms with E-state index >= 15 is 0 Å². The minimum absolute atomic E-state index is 0.161. The number of carbonyl (C=O) groups excluding carboxylic acids is 2. The summed E-state index contributed by atoms with van der Waals surface area (Å²) in [6.45, 7) is 6.35. The molecule has 0 saturated carbocycles. The van der Waals surface area contributed by atoms with Gasteiger partial charge in [0.05, 0.1) is 6.10 Å². The molecule has 2 atom stereocenters. The fourth-order valence-corrected chi connectivity index (χ4v) is 4.34. The van der Waals surface area contributed by atoms with Gasteiger partial charge in [0.15, 0.2) is 0 Å². The average Bonchev–Trinajstić information content (AvgIpc) is 2.94. The van der Waals surface area contributed by atoms with E-state index in [-0.39, 0.29) is 25.6 Å². The van der Waals surface area contributed by atoms with Gasteiger partial charge in [-0.2, -0.15) is 0 Å². The number of rotatable bonds is 28. The van der Waals surface area contributed by atoms with E-state index < -0.39 is 18.2 Å². The van der Waals surface area contributed by atoms with Crippen LogP contribution in [0.5, 0.6) is 0 Å². The Morgan fingerprint density at radius 2 is 1.24 bits per heavy atom. The second-order valence-electron chi connectivity index (χ2n) is 11.6. The molecule has 0 spiro atoms. The molecule has 6 nitrogen and oxygen atoms in total. The molecule has 6 heteroatoms. The summed E-state index contributed by atoms with van der Waals surface area (Å²) in [5, 5.41) is 20.0. The van der Waals surface area contributed by atoms with Gasteiger partial charge in [0.1, 0.15) is 19.3 Å². The first kappa shape index (κ1) is 39.1. The highest BCUT2D eigenvalue weighted by Gasteiger charge is 2.12. The van der Waals surface area contributed by atoms with E-state index in [1.165, 1.54) is 64.2 Å². The van der Waals surface area contributed by atoms with Crippen LogP contribution in [0, 0.1) is 5.92 Å². The Bertz CT molecular complexity index is 697. The van der Waals surface area contributed by atoms with Gasteiger partial charge in [0.25, 0.3) is 0 Å². The molecule has 0 bridgehead atoms. The smallest absolute Gasteiger partial charge is 0.305 e. The predicted octanol–water partition coefficient (Wildman–Crippen LogP) is 8.55. The Kier molecular flexibility index (Phi) is 28.2. The van der Waals surface area contributed by atoms with Gasteiger partial charge in [-0.25, -0.2) is 0 Å². The maximum absolute atomic E-state index is 11.9. The zero-order valence-electron chi connectivity index (χ0n) is 26.6. The van der Waals surface area contributed by atoms with Crippen molar-refractivity contribution >= 4 is 11.9 Å². The second-order valence-corrected chi connectivity index (χ2v) is 11.6. The standard InChI is InChI=1S/C35H62O6/c1-4-5-6-7-8-9-10-11-12-13-14-18-21-25-32(36)26-23-28-35(39)41-30-33(37)29-40-34(38)27-22-19-16-15-17-20-24-31(2)3/h11-12,14,18,21,25,31-33,36-37H,4-10,13,15-17,19-20,22-24,26-30H2,1-3H3/b12-11+,18-14+,25-21+/t32?,33-/m1/s1. The largest absolute Gasteiger partial charge is 0.463 e. The number of hydrogen-bond acceptors (Lipinski definition) is 6. The lowest BCUT2D eigenvalue weighted by molar-refractivity contribution is -0.152. The van der Waals surface area contributed by atoms with Gasteiger partial charge in [-0.1, -0.05) is 128 Å². The first-order chi connectivity index (χ1) is 19.8. The van der Waals surface area contributed by atoms with Gasteiger partial charge >= 0.3 is 11.9 Å². The summed E-state index contributed by atoms with van der Waals surface area (Å²) in [7, 11) is 0. The van der Waals surface area contributed by atoms with E-state index in [0.717, 1.165) is 38.0 Å². The van der Waals surface area contributed by atoms with Crippen LogP contribution in [0.2, 0.25) is 0 Å². The lowest BCUT2D eigenvalue weighted by Crippen LogP contribution is -2.25. The van der Waals surface area contributed by atoms with Crippen LogP contribution in [0.25, 0.3) is 0 Å². The molecule has 0 amide bonds. The Hall–Kier alpha value is -1.92. The third-order valence-electron chi connectivity index (χ3n) is 6.91. The summed E-state index contributed by atoms with van der Waals surface area (Å²) < 4.78 is 10.2. The van der Waals surface area contributed by atoms with E-state index in [2.05, 4.69) is 39.0 Å². The fourth-order valence-electron chi connectivity index (χ4n) is 4.34. The molecule has 0 aromatic carbocycles. The summed E-state index contributed by atoms with van der Waals surface area (Å²) >= 11 is 0. The minimum atomic E-state index is -1.03. The maximum atomic E-state index is 11.9. The van der Waals surface area contributed by atoms with Crippen LogP contribution < -0.4 is 0 Å². The molecule has 1 unspecified atom stereocenters. The van der Waals surface area contributed by atoms with Gasteiger partial charge in [-0.3, -0.25) is 9.59 Å². The van der Waals surface area contributed by atoms with E-state index in [1.807, 2.05) is 12.2 Å². The summed E-state index contributed by atoms with van der Waals surface area (Å²) in [5.74, 6) is -0.00000676. The molecular weight excluding hydrogens is 516 g/mol. The van der Waals surface area contributed by atoms with E-state index in [4.69, 9.17) is 9.47 Å². The second kappa shape index (κ2) is 29.6. The Labute approximate surface area is 251 Å². The Morgan fingerprint density at radius 1 is 0.659 bits per heavy atom. The van der Waals surface area contributed by atoms with Crippen molar-refractivity contribution in [3.8, 4) is 0 Å². The molecule has 0 aliphatic rings. The van der Waals surface area contributed by atoms with E-state index in [1.54, 1.807) is 6.08 Å². The highest BCUT2D eigenvalue weighted by molar-refractivity contribution is 5.69. The van der Waals surface area contributed by atoms with Crippen molar-refractivity contribution in [2.24, 2.45) is 5.92 Å². The van der Waals surface area contributed by atoms with Gasteiger partial charge in [-0.15, -0.1) is 0 Å². The number of allylic oxidation sites excluding steroid dienone is 5. The van der Waals surface area contributed by atoms with E-state index in [9.17, 15) is 19.8 Å². The zero-order valence-corrected chi connectivity index (χ0v) is 26.6. The number of aliphatic hydroxyl groups excluding tert-OH is 2. The quantitative estimate of drug-likeness (QED) is 0.0418. The number of aliphatic hydroxyl groups is 2. The van der Waals surface area contributed by atoms with Crippen molar-refractivity contribution in [3.05, 3.63) is 36.5 Å². The third kappa shape index (κ3) is 30.9. The van der Waals surface area contributed by atoms with Crippen molar-refractivity contribution in [2.75, 3.05) is 13.2 Å². The van der Waals surface area contributed by atoms with Crippen LogP contribution in [0.15, 0.2) is 36.5 Å². The predicted molar refractivity (Wildman–Crippen MR) is 170 cm³/mol. The molecular formula is C35H62O6. The molecule has 0 rings (SSSR count). The van der Waals surface area contributed by atoms with Gasteiger partial charge in [0.2, 0.25) is 0 Å². The summed E-state index contributed by atoms with van der Waals surface area (Å²) in [6, 6.07) is 0. The fraction of sp³-hybridized carbons (Fsp3) is 0.771. The van der Waals surface area contributed by atoms with Crippen LogP contribution in [0.1, 0.15) is 143 Å². The normalized spacial score (nSPS) is 13.5. The lowest BCUT2D eigenvalue weighted by Gasteiger charge is -2.12. The SMILES string of the molecule is CCCCCCCC/C=C/C/C=C/C=C/C(O)CCCC(=O)OC[C@H](O)COC(=O)CCCCCCCCC(C)C. The van der Waals surface area contributed by atoms with Crippen molar-refractivity contribution < 1.29 is 29.3 Å². The molecule has 2 N–H and O–H groups in total. The molecule has 0 heterocycles. The van der Waals surface area contributed by atoms with Crippen LogP contribution in [-0.4, -0.2) is 47.6 Å². The number of hydrogen-bond donors (Lipinski definition) is 2. The molecule has 0 aliphatic carbocycles. The van der Waals surface area contributed by atoms with Crippen LogP contribution in [0.4, 0.5) is 0 Å². The number of unbranched alkanes of at least 4 members (excludes halogenated alkanes) is 11. The van der Waals surface area contributed by atoms with Crippen LogP contribution >= 0.6 is 0 Å². The van der Waals surface area contributed by atoms with Gasteiger partial charge in [-0.05, 0) is 44.4 Å². The molecule has 0 fully saturated rings. The summed E-state index contributed by atoms with van der Waals surface area (Å²) in [5.41, 5.74) is 0. The van der Waals surface area contributed by atoms with Gasteiger partial charge < -0.3 is 19.7 Å². The summed E-state index contributed by atoms with van der Waals surface area (Å²) in [4.78, 5) is 23.7. The third-order valence-corrected chi connectivity index (χ3v) is 6.91. The van der Waals surface area contributed by atoms with Crippen molar-refractivity contribution in [1.82, 2.24) is 0 Å². The number of ether oxygens (including phenoxy) is 2. The Morgan fingerprint density at radius 3 is 1.90 bits per heavy atom. The monoisotopic (exact) mass is 578 g/mol. The van der Waals surface area contributed by atoms with Crippen LogP contribution in [0.3, 0.4) is 0 Å².